The van der Waals surface area contributed by atoms with Gasteiger partial charge < -0.3 is 4.74 Å². The summed E-state index contributed by atoms with van der Waals surface area (Å²) in [5.74, 6) is 0.621. The molecule has 0 spiro atoms. The maximum absolute atomic E-state index is 8.01. The minimum atomic E-state index is 0.230. The molecule has 0 radical (unpaired) electrons. The Morgan fingerprint density at radius 1 is 1.55 bits per heavy atom. The van der Waals surface area contributed by atoms with Crippen LogP contribution in [0, 0.1) is 0 Å². The van der Waals surface area contributed by atoms with E-state index in [1.54, 1.807) is 6.07 Å². The number of hydrogen-bond donors (Lipinski definition) is 0. The molecule has 1 aromatic rings. The number of hydrogen-bond acceptors (Lipinski definition) is 4. The molecule has 0 aliphatic rings. The van der Waals surface area contributed by atoms with Crippen LogP contribution >= 0.6 is 0 Å². The summed E-state index contributed by atoms with van der Waals surface area (Å²) < 4.78 is 4.74. The van der Waals surface area contributed by atoms with Gasteiger partial charge in [-0.3, -0.25) is 0 Å². The smallest absolute Gasteiger partial charge is 0.233 e. The van der Waals surface area contributed by atoms with Crippen LogP contribution in [-0.2, 0) is 0 Å². The fourth-order valence-electron chi connectivity index (χ4n) is 0.521. The zero-order chi connectivity index (χ0) is 8.10. The van der Waals surface area contributed by atoms with Gasteiger partial charge in [0.05, 0.1) is 7.11 Å². The SMILES string of the molecule is COc1ccc(N=[N+]=[N-])nn1. The van der Waals surface area contributed by atoms with Gasteiger partial charge in [0.15, 0.2) is 0 Å². The Bertz CT molecular complexity index is 275. The highest BCUT2D eigenvalue weighted by Gasteiger charge is 1.92. The molecule has 11 heavy (non-hydrogen) atoms. The first-order chi connectivity index (χ1) is 5.36. The number of ether oxygens (including phenoxy) is 1. The van der Waals surface area contributed by atoms with E-state index in [1.807, 2.05) is 0 Å². The predicted molar refractivity (Wildman–Crippen MR) is 37.4 cm³/mol. The molecule has 0 saturated heterocycles. The molecule has 0 saturated carbocycles. The molecule has 1 aromatic heterocycles. The van der Waals surface area contributed by atoms with Crippen molar-refractivity contribution in [3.05, 3.63) is 22.6 Å². The summed E-state index contributed by atoms with van der Waals surface area (Å²) in [5, 5.41) is 10.4. The third-order valence-electron chi connectivity index (χ3n) is 0.982. The van der Waals surface area contributed by atoms with Gasteiger partial charge in [-0.2, -0.15) is 0 Å². The lowest BCUT2D eigenvalue weighted by Crippen LogP contribution is -1.88. The molecule has 0 fully saturated rings. The number of rotatable bonds is 2. The van der Waals surface area contributed by atoms with E-state index in [0.717, 1.165) is 0 Å². The molecule has 0 amide bonds. The van der Waals surface area contributed by atoms with Gasteiger partial charge in [0.1, 0.15) is 5.82 Å². The molecule has 0 unspecified atom stereocenters. The van der Waals surface area contributed by atoms with E-state index < -0.39 is 0 Å². The summed E-state index contributed by atoms with van der Waals surface area (Å²) in [5.41, 5.74) is 8.01. The van der Waals surface area contributed by atoms with E-state index in [0.29, 0.717) is 5.88 Å². The lowest BCUT2D eigenvalue weighted by molar-refractivity contribution is 0.392. The zero-order valence-electron chi connectivity index (χ0n) is 5.80. The Balaban J connectivity index is 2.91. The highest BCUT2D eigenvalue weighted by molar-refractivity contribution is 5.26. The fraction of sp³-hybridized carbons (Fsp3) is 0.200. The zero-order valence-corrected chi connectivity index (χ0v) is 5.80. The van der Waals surface area contributed by atoms with Crippen molar-refractivity contribution in [2.45, 2.75) is 0 Å². The van der Waals surface area contributed by atoms with Crippen molar-refractivity contribution in [1.29, 1.82) is 0 Å². The second-order valence-electron chi connectivity index (χ2n) is 1.62. The molecule has 0 aliphatic carbocycles. The summed E-state index contributed by atoms with van der Waals surface area (Å²) >= 11 is 0. The molecule has 0 N–H and O–H groups in total. The highest BCUT2D eigenvalue weighted by Crippen LogP contribution is 2.09. The van der Waals surface area contributed by atoms with E-state index in [-0.39, 0.29) is 5.82 Å². The maximum atomic E-state index is 8.01. The number of azide groups is 1. The third-order valence-corrected chi connectivity index (χ3v) is 0.982. The summed E-state index contributed by atoms with van der Waals surface area (Å²) in [4.78, 5) is 2.54. The summed E-state index contributed by atoms with van der Waals surface area (Å²) in [7, 11) is 1.48. The van der Waals surface area contributed by atoms with Crippen LogP contribution in [0.4, 0.5) is 5.82 Å². The monoisotopic (exact) mass is 151 g/mol. The lowest BCUT2D eigenvalue weighted by atomic mass is 10.5. The van der Waals surface area contributed by atoms with Gasteiger partial charge in [0.25, 0.3) is 0 Å². The fourth-order valence-corrected chi connectivity index (χ4v) is 0.521. The van der Waals surface area contributed by atoms with Crippen LogP contribution in [0.2, 0.25) is 0 Å². The molecular weight excluding hydrogens is 146 g/mol. The van der Waals surface area contributed by atoms with Crippen LogP contribution in [0.25, 0.3) is 10.4 Å². The van der Waals surface area contributed by atoms with Gasteiger partial charge in [-0.15, -0.1) is 10.2 Å². The van der Waals surface area contributed by atoms with E-state index >= 15 is 0 Å². The van der Waals surface area contributed by atoms with Crippen molar-refractivity contribution >= 4 is 5.82 Å². The number of methoxy groups -OCH3 is 1. The number of nitrogens with zero attached hydrogens (tertiary/aromatic N) is 5. The van der Waals surface area contributed by atoms with Crippen molar-refractivity contribution in [3.63, 3.8) is 0 Å². The van der Waals surface area contributed by atoms with E-state index in [4.69, 9.17) is 10.3 Å². The molecule has 0 aliphatic heterocycles. The average Bonchev–Trinajstić information content (AvgIpc) is 2.07. The minimum absolute atomic E-state index is 0.230. The summed E-state index contributed by atoms with van der Waals surface area (Å²) in [6.07, 6.45) is 0. The standard InChI is InChI=1S/C5H5N5O/c1-11-5-3-2-4(7-9-5)8-10-6/h2-3H,1H3. The van der Waals surface area contributed by atoms with E-state index in [2.05, 4.69) is 20.2 Å². The van der Waals surface area contributed by atoms with Crippen LogP contribution in [0.15, 0.2) is 17.2 Å². The Kier molecular flexibility index (Phi) is 2.24. The Morgan fingerprint density at radius 2 is 2.36 bits per heavy atom. The Labute approximate surface area is 62.5 Å². The molecular formula is C5H5N5O. The second-order valence-corrected chi connectivity index (χ2v) is 1.62. The van der Waals surface area contributed by atoms with Gasteiger partial charge in [0, 0.05) is 11.0 Å². The van der Waals surface area contributed by atoms with Crippen LogP contribution < -0.4 is 4.74 Å². The van der Waals surface area contributed by atoms with Crippen molar-refractivity contribution in [3.8, 4) is 5.88 Å². The number of aromatic nitrogens is 2. The molecule has 6 nitrogen and oxygen atoms in total. The van der Waals surface area contributed by atoms with Crippen molar-refractivity contribution in [2.75, 3.05) is 7.11 Å². The maximum Gasteiger partial charge on any atom is 0.233 e. The topological polar surface area (TPSA) is 83.8 Å². The quantitative estimate of drug-likeness (QED) is 0.364. The average molecular weight is 151 g/mol. The largest absolute Gasteiger partial charge is 0.480 e. The van der Waals surface area contributed by atoms with Gasteiger partial charge in [-0.05, 0) is 16.7 Å². The summed E-state index contributed by atoms with van der Waals surface area (Å²) in [6.45, 7) is 0. The van der Waals surface area contributed by atoms with Crippen LogP contribution in [0.1, 0.15) is 0 Å². The first-order valence-corrected chi connectivity index (χ1v) is 2.79. The van der Waals surface area contributed by atoms with Crippen LogP contribution in [0.3, 0.4) is 0 Å². The van der Waals surface area contributed by atoms with Gasteiger partial charge >= 0.3 is 0 Å². The Morgan fingerprint density at radius 3 is 2.82 bits per heavy atom. The van der Waals surface area contributed by atoms with Crippen molar-refractivity contribution in [2.24, 2.45) is 5.11 Å². The van der Waals surface area contributed by atoms with Crippen LogP contribution in [-0.4, -0.2) is 17.3 Å². The van der Waals surface area contributed by atoms with Gasteiger partial charge in [-0.1, -0.05) is 0 Å². The third kappa shape index (κ3) is 1.80. The van der Waals surface area contributed by atoms with Crippen molar-refractivity contribution < 1.29 is 4.74 Å². The molecule has 0 aromatic carbocycles. The second kappa shape index (κ2) is 3.38. The lowest BCUT2D eigenvalue weighted by Gasteiger charge is -1.94. The Hall–Kier alpha value is -1.81. The van der Waals surface area contributed by atoms with E-state index in [1.165, 1.54) is 13.2 Å². The molecule has 0 bridgehead atoms. The van der Waals surface area contributed by atoms with E-state index in [9.17, 15) is 0 Å². The minimum Gasteiger partial charge on any atom is -0.480 e. The molecule has 6 heteroatoms. The predicted octanol–water partition coefficient (Wildman–Crippen LogP) is 1.43. The molecule has 0 atom stereocenters. The van der Waals surface area contributed by atoms with Crippen molar-refractivity contribution in [1.82, 2.24) is 10.2 Å². The molecule has 1 heterocycles. The first kappa shape index (κ1) is 7.30. The molecule has 1 rings (SSSR count). The summed E-state index contributed by atoms with van der Waals surface area (Å²) in [6, 6.07) is 3.09. The van der Waals surface area contributed by atoms with Crippen LogP contribution in [0.5, 0.6) is 5.88 Å². The highest BCUT2D eigenvalue weighted by atomic mass is 16.5. The normalized spacial score (nSPS) is 8.45. The molecule has 56 valence electrons. The van der Waals surface area contributed by atoms with Gasteiger partial charge in [-0.25, -0.2) is 0 Å². The van der Waals surface area contributed by atoms with Gasteiger partial charge in [0.2, 0.25) is 5.88 Å². The first-order valence-electron chi connectivity index (χ1n) is 2.79.